The number of rotatable bonds is 4. The van der Waals surface area contributed by atoms with E-state index in [1.54, 1.807) is 6.92 Å². The van der Waals surface area contributed by atoms with Gasteiger partial charge in [0.15, 0.2) is 0 Å². The van der Waals surface area contributed by atoms with Gasteiger partial charge >= 0.3 is 12.4 Å². The summed E-state index contributed by atoms with van der Waals surface area (Å²) < 4.78 is 106. The lowest BCUT2D eigenvalue weighted by molar-refractivity contribution is -0.143. The molecule has 0 N–H and O–H groups in total. The maximum atomic E-state index is 13.8. The van der Waals surface area contributed by atoms with Crippen molar-refractivity contribution in [3.05, 3.63) is 75.7 Å². The third-order valence-electron chi connectivity index (χ3n) is 6.57. The quantitative estimate of drug-likeness (QED) is 0.267. The first kappa shape index (κ1) is 29.6. The fourth-order valence-corrected chi connectivity index (χ4v) is 5.08. The minimum atomic E-state index is -5.01. The maximum Gasteiger partial charge on any atom is 0.416 e. The Morgan fingerprint density at radius 3 is 2.17 bits per heavy atom. The average molecular weight is 588 g/mol. The van der Waals surface area contributed by atoms with E-state index in [1.807, 2.05) is 0 Å². The van der Waals surface area contributed by atoms with Crippen LogP contribution in [0.2, 0.25) is 0 Å². The van der Waals surface area contributed by atoms with Gasteiger partial charge in [-0.3, -0.25) is 9.00 Å². The van der Waals surface area contributed by atoms with E-state index in [0.29, 0.717) is 53.8 Å². The van der Waals surface area contributed by atoms with Crippen LogP contribution in [0.25, 0.3) is 11.3 Å². The van der Waals surface area contributed by atoms with Crippen LogP contribution in [-0.2, 0) is 47.3 Å². The van der Waals surface area contributed by atoms with Crippen LogP contribution in [0.3, 0.4) is 0 Å². The number of alkyl halides is 6. The second-order valence-corrected chi connectivity index (χ2v) is 10.8. The second kappa shape index (κ2) is 11.3. The van der Waals surface area contributed by atoms with E-state index in [-0.39, 0.29) is 35.4 Å². The summed E-state index contributed by atoms with van der Waals surface area (Å²) in [7, 11) is -1.57. The number of fused-ring (bicyclic) bond motifs is 1. The molecule has 214 valence electrons. The SMILES string of the molecule is Cc1cc(F)ccc1-c1nc(S(C)=O)nc2c1CC(=O)N(Cc1cc(C(F)(F)F)cc(C(F)(F)F)c1)CCCC2. The number of carbonyl (C=O) groups is 1. The van der Waals surface area contributed by atoms with Crippen molar-refractivity contribution in [1.29, 1.82) is 0 Å². The summed E-state index contributed by atoms with van der Waals surface area (Å²) in [5.41, 5.74) is -1.10. The van der Waals surface area contributed by atoms with Gasteiger partial charge in [0.25, 0.3) is 0 Å². The molecule has 0 bridgehead atoms. The van der Waals surface area contributed by atoms with Crippen LogP contribution in [-0.4, -0.2) is 37.8 Å². The Morgan fingerprint density at radius 2 is 1.60 bits per heavy atom. The molecule has 4 rings (SSSR count). The van der Waals surface area contributed by atoms with E-state index in [2.05, 4.69) is 9.97 Å². The number of aromatic nitrogens is 2. The molecule has 40 heavy (non-hydrogen) atoms. The molecule has 0 fully saturated rings. The Kier molecular flexibility index (Phi) is 8.34. The normalized spacial score (nSPS) is 15.7. The van der Waals surface area contributed by atoms with E-state index < -0.39 is 52.5 Å². The topological polar surface area (TPSA) is 63.2 Å². The summed E-state index contributed by atoms with van der Waals surface area (Å²) in [5, 5.41) is 0.0321. The third-order valence-corrected chi connectivity index (χ3v) is 7.26. The van der Waals surface area contributed by atoms with Gasteiger partial charge in [-0.1, -0.05) is 0 Å². The average Bonchev–Trinajstić information content (AvgIpc) is 2.92. The van der Waals surface area contributed by atoms with Gasteiger partial charge in [0.1, 0.15) is 5.82 Å². The predicted molar refractivity (Wildman–Crippen MR) is 133 cm³/mol. The third kappa shape index (κ3) is 6.68. The molecule has 0 aliphatic carbocycles. The second-order valence-electron chi connectivity index (χ2n) is 9.56. The fraction of sp³-hybridized carbons (Fsp3) is 0.370. The Balaban J connectivity index is 1.76. The Bertz CT molecular complexity index is 1440. The van der Waals surface area contributed by atoms with Crippen molar-refractivity contribution in [3.8, 4) is 11.3 Å². The monoisotopic (exact) mass is 587 g/mol. The molecule has 0 saturated carbocycles. The van der Waals surface area contributed by atoms with Crippen LogP contribution in [0.1, 0.15) is 46.4 Å². The molecular formula is C27H24F7N3O2S. The molecule has 0 radical (unpaired) electrons. The minimum absolute atomic E-state index is 0.0321. The lowest BCUT2D eigenvalue weighted by Crippen LogP contribution is -2.33. The number of aryl methyl sites for hydroxylation is 2. The Labute approximate surface area is 227 Å². The lowest BCUT2D eigenvalue weighted by atomic mass is 9.96. The van der Waals surface area contributed by atoms with Crippen LogP contribution in [0.5, 0.6) is 0 Å². The van der Waals surface area contributed by atoms with Crippen LogP contribution >= 0.6 is 0 Å². The molecule has 13 heteroatoms. The first-order chi connectivity index (χ1) is 18.6. The van der Waals surface area contributed by atoms with Gasteiger partial charge in [-0.2, -0.15) is 26.3 Å². The number of hydrogen-bond acceptors (Lipinski definition) is 4. The molecule has 1 unspecified atom stereocenters. The number of carbonyl (C=O) groups excluding carboxylic acids is 1. The van der Waals surface area contributed by atoms with E-state index >= 15 is 0 Å². The van der Waals surface area contributed by atoms with Gasteiger partial charge in [0.05, 0.1) is 34.0 Å². The molecule has 0 spiro atoms. The summed E-state index contributed by atoms with van der Waals surface area (Å²) in [4.78, 5) is 23.5. The minimum Gasteiger partial charge on any atom is -0.338 e. The Hall–Kier alpha value is -3.35. The molecule has 0 saturated heterocycles. The van der Waals surface area contributed by atoms with Crippen molar-refractivity contribution in [2.45, 2.75) is 56.7 Å². The van der Waals surface area contributed by atoms with Gasteiger partial charge in [-0.05, 0) is 73.7 Å². The van der Waals surface area contributed by atoms with Crippen LogP contribution < -0.4 is 0 Å². The summed E-state index contributed by atoms with van der Waals surface area (Å²) >= 11 is 0. The molecule has 1 aromatic heterocycles. The van der Waals surface area contributed by atoms with Crippen molar-refractivity contribution >= 4 is 16.7 Å². The number of benzene rings is 2. The molecule has 1 amide bonds. The van der Waals surface area contributed by atoms with E-state index in [4.69, 9.17) is 0 Å². The molecule has 2 aromatic carbocycles. The molecular weight excluding hydrogens is 563 g/mol. The predicted octanol–water partition coefficient (Wildman–Crippen LogP) is 6.27. The zero-order chi connectivity index (χ0) is 29.4. The molecule has 5 nitrogen and oxygen atoms in total. The highest BCUT2D eigenvalue weighted by Gasteiger charge is 2.37. The maximum absolute atomic E-state index is 13.8. The summed E-state index contributed by atoms with van der Waals surface area (Å²) in [6.07, 6.45) is -7.67. The van der Waals surface area contributed by atoms with E-state index in [9.17, 15) is 39.7 Å². The van der Waals surface area contributed by atoms with Crippen LogP contribution in [0.4, 0.5) is 30.7 Å². The first-order valence-corrected chi connectivity index (χ1v) is 13.7. The van der Waals surface area contributed by atoms with Crippen LogP contribution in [0.15, 0.2) is 41.6 Å². The van der Waals surface area contributed by atoms with Gasteiger partial charge in [-0.15, -0.1) is 0 Å². The first-order valence-electron chi connectivity index (χ1n) is 12.2. The molecule has 1 atom stereocenters. The van der Waals surface area contributed by atoms with Gasteiger partial charge in [0, 0.05) is 36.2 Å². The molecule has 1 aliphatic rings. The number of nitrogens with zero attached hydrogens (tertiary/aromatic N) is 3. The number of amides is 1. The lowest BCUT2D eigenvalue weighted by Gasteiger charge is -2.24. The number of hydrogen-bond donors (Lipinski definition) is 0. The standard InChI is InChI=1S/C27H24F7N3O2S/c1-15-9-19(28)6-7-20(15)24-21-13-23(38)37(8-4-3-5-22(21)35-25(36-24)40(2)39)14-16-10-17(26(29,30)31)12-18(11-16)27(32,33)34/h6-7,9-12H,3-5,8,13-14H2,1-2H3. The summed E-state index contributed by atoms with van der Waals surface area (Å²) in [6, 6.07) is 5.25. The van der Waals surface area contributed by atoms with Gasteiger partial charge in [0.2, 0.25) is 11.1 Å². The van der Waals surface area contributed by atoms with Crippen molar-refractivity contribution in [2.24, 2.45) is 0 Å². The van der Waals surface area contributed by atoms with Crippen molar-refractivity contribution in [3.63, 3.8) is 0 Å². The fourth-order valence-electron chi connectivity index (χ4n) is 4.63. The van der Waals surface area contributed by atoms with E-state index in [1.165, 1.54) is 29.4 Å². The largest absolute Gasteiger partial charge is 0.416 e. The van der Waals surface area contributed by atoms with Crippen LogP contribution in [0, 0.1) is 12.7 Å². The highest BCUT2D eigenvalue weighted by molar-refractivity contribution is 7.84. The van der Waals surface area contributed by atoms with Crippen molar-refractivity contribution in [1.82, 2.24) is 14.9 Å². The zero-order valence-electron chi connectivity index (χ0n) is 21.4. The Morgan fingerprint density at radius 1 is 0.950 bits per heavy atom. The summed E-state index contributed by atoms with van der Waals surface area (Å²) in [5.74, 6) is -1.04. The van der Waals surface area contributed by atoms with Crippen molar-refractivity contribution in [2.75, 3.05) is 12.8 Å². The highest BCUT2D eigenvalue weighted by Crippen LogP contribution is 2.37. The van der Waals surface area contributed by atoms with Gasteiger partial charge < -0.3 is 4.90 Å². The van der Waals surface area contributed by atoms with Crippen molar-refractivity contribution < 1.29 is 39.7 Å². The molecule has 1 aliphatic heterocycles. The van der Waals surface area contributed by atoms with Gasteiger partial charge in [-0.25, -0.2) is 14.4 Å². The molecule has 3 aromatic rings. The van der Waals surface area contributed by atoms with E-state index in [0.717, 1.165) is 0 Å². The zero-order valence-corrected chi connectivity index (χ0v) is 22.2. The molecule has 2 heterocycles. The number of halogens is 7. The summed E-state index contributed by atoms with van der Waals surface area (Å²) in [6.45, 7) is 1.27. The highest BCUT2D eigenvalue weighted by atomic mass is 32.2. The smallest absolute Gasteiger partial charge is 0.338 e.